The third-order valence-electron chi connectivity index (χ3n) is 3.64. The van der Waals surface area contributed by atoms with Crippen LogP contribution in [0.1, 0.15) is 28.7 Å². The first-order valence-electron chi connectivity index (χ1n) is 7.29. The Labute approximate surface area is 126 Å². The van der Waals surface area contributed by atoms with E-state index < -0.39 is 0 Å². The van der Waals surface area contributed by atoms with Crippen molar-refractivity contribution in [2.75, 3.05) is 7.11 Å². The van der Waals surface area contributed by atoms with Gasteiger partial charge in [-0.15, -0.1) is 0 Å². The van der Waals surface area contributed by atoms with Crippen LogP contribution in [0.4, 0.5) is 0 Å². The molecule has 2 heteroatoms. The van der Waals surface area contributed by atoms with E-state index in [0.29, 0.717) is 12.8 Å². The van der Waals surface area contributed by atoms with Crippen LogP contribution in [0.5, 0.6) is 5.75 Å². The van der Waals surface area contributed by atoms with Crippen LogP contribution in [-0.2, 0) is 17.6 Å². The predicted octanol–water partition coefficient (Wildman–Crippen LogP) is 4.06. The Bertz CT molecular complexity index is 612. The van der Waals surface area contributed by atoms with E-state index in [4.69, 9.17) is 4.74 Å². The smallest absolute Gasteiger partial charge is 0.137 e. The summed E-state index contributed by atoms with van der Waals surface area (Å²) in [6.45, 7) is 4.10. The Morgan fingerprint density at radius 3 is 2.33 bits per heavy atom. The number of Topliss-reactive ketones (excluding diaryl/α,β-unsaturated/α-hetero) is 1. The summed E-state index contributed by atoms with van der Waals surface area (Å²) in [6, 6.07) is 14.3. The first-order chi connectivity index (χ1) is 10.1. The second-order valence-electron chi connectivity index (χ2n) is 5.52. The molecule has 0 N–H and O–H groups in total. The maximum Gasteiger partial charge on any atom is 0.137 e. The lowest BCUT2D eigenvalue weighted by atomic mass is 10.0. The summed E-state index contributed by atoms with van der Waals surface area (Å²) in [6.07, 6.45) is 1.81. The number of benzene rings is 2. The Morgan fingerprint density at radius 1 is 1.00 bits per heavy atom. The summed E-state index contributed by atoms with van der Waals surface area (Å²) >= 11 is 0. The summed E-state index contributed by atoms with van der Waals surface area (Å²) in [5.74, 6) is 1.05. The highest BCUT2D eigenvalue weighted by atomic mass is 16.5. The van der Waals surface area contributed by atoms with Crippen molar-refractivity contribution in [1.29, 1.82) is 0 Å². The van der Waals surface area contributed by atoms with Crippen LogP contribution < -0.4 is 4.74 Å². The van der Waals surface area contributed by atoms with Crippen LogP contribution in [0, 0.1) is 13.8 Å². The fourth-order valence-electron chi connectivity index (χ4n) is 2.38. The number of hydrogen-bond donors (Lipinski definition) is 0. The fraction of sp³-hybridized carbons (Fsp3) is 0.316. The van der Waals surface area contributed by atoms with Gasteiger partial charge in [-0.25, -0.2) is 0 Å². The number of carbonyl (C=O) groups is 1. The van der Waals surface area contributed by atoms with Gasteiger partial charge in [-0.05, 0) is 31.9 Å². The Kier molecular flexibility index (Phi) is 5.15. The Balaban J connectivity index is 1.95. The largest absolute Gasteiger partial charge is 0.496 e. The second kappa shape index (κ2) is 7.07. The van der Waals surface area contributed by atoms with Crippen LogP contribution in [0.15, 0.2) is 42.5 Å². The molecular formula is C19H22O2. The Morgan fingerprint density at radius 2 is 1.67 bits per heavy atom. The van der Waals surface area contributed by atoms with Gasteiger partial charge in [0.25, 0.3) is 0 Å². The molecular weight excluding hydrogens is 260 g/mol. The molecule has 0 atom stereocenters. The number of ether oxygens (including phenoxy) is 1. The lowest BCUT2D eigenvalue weighted by Gasteiger charge is -2.09. The molecule has 0 saturated carbocycles. The second-order valence-corrected chi connectivity index (χ2v) is 5.52. The van der Waals surface area contributed by atoms with E-state index in [1.165, 1.54) is 11.1 Å². The maximum absolute atomic E-state index is 12.2. The lowest BCUT2D eigenvalue weighted by Crippen LogP contribution is -2.06. The van der Waals surface area contributed by atoms with Crippen LogP contribution in [0.3, 0.4) is 0 Å². The molecule has 0 saturated heterocycles. The fourth-order valence-corrected chi connectivity index (χ4v) is 2.38. The van der Waals surface area contributed by atoms with Crippen molar-refractivity contribution in [3.05, 3.63) is 64.7 Å². The molecule has 0 amide bonds. The molecule has 0 radical (unpaired) electrons. The molecule has 0 bridgehead atoms. The van der Waals surface area contributed by atoms with Crippen LogP contribution in [0.25, 0.3) is 0 Å². The SMILES string of the molecule is COc1ccc(C)cc1CC(=O)CCc1ccc(C)cc1. The minimum atomic E-state index is 0.250. The molecule has 2 aromatic rings. The van der Waals surface area contributed by atoms with Gasteiger partial charge in [-0.1, -0.05) is 47.5 Å². The number of methoxy groups -OCH3 is 1. The topological polar surface area (TPSA) is 26.3 Å². The predicted molar refractivity (Wildman–Crippen MR) is 85.9 cm³/mol. The van der Waals surface area contributed by atoms with Gasteiger partial charge in [0.1, 0.15) is 11.5 Å². The standard InChI is InChI=1S/C19H22O2/c1-14-4-7-16(8-5-14)9-10-18(20)13-17-12-15(2)6-11-19(17)21-3/h4-8,11-12H,9-10,13H2,1-3H3. The van der Waals surface area contributed by atoms with Crippen LogP contribution in [-0.4, -0.2) is 12.9 Å². The van der Waals surface area contributed by atoms with E-state index in [-0.39, 0.29) is 5.78 Å². The zero-order valence-corrected chi connectivity index (χ0v) is 13.0. The van der Waals surface area contributed by atoms with Gasteiger partial charge in [0, 0.05) is 18.4 Å². The Hall–Kier alpha value is -2.09. The number of carbonyl (C=O) groups excluding carboxylic acids is 1. The van der Waals surface area contributed by atoms with E-state index in [9.17, 15) is 4.79 Å². The van der Waals surface area contributed by atoms with Crippen molar-refractivity contribution in [3.8, 4) is 5.75 Å². The van der Waals surface area contributed by atoms with E-state index in [0.717, 1.165) is 23.3 Å². The normalized spacial score (nSPS) is 10.4. The van der Waals surface area contributed by atoms with Crippen molar-refractivity contribution < 1.29 is 9.53 Å². The highest BCUT2D eigenvalue weighted by Gasteiger charge is 2.09. The van der Waals surface area contributed by atoms with Crippen LogP contribution in [0.2, 0.25) is 0 Å². The average Bonchev–Trinajstić information content (AvgIpc) is 2.47. The molecule has 2 aromatic carbocycles. The van der Waals surface area contributed by atoms with Crippen LogP contribution >= 0.6 is 0 Å². The molecule has 0 heterocycles. The van der Waals surface area contributed by atoms with Gasteiger partial charge in [0.15, 0.2) is 0 Å². The summed E-state index contributed by atoms with van der Waals surface area (Å²) in [5, 5.41) is 0. The third kappa shape index (κ3) is 4.45. The summed E-state index contributed by atoms with van der Waals surface area (Å²) in [7, 11) is 1.64. The quantitative estimate of drug-likeness (QED) is 0.798. The first-order valence-corrected chi connectivity index (χ1v) is 7.29. The van der Waals surface area contributed by atoms with E-state index >= 15 is 0 Å². The molecule has 110 valence electrons. The van der Waals surface area contributed by atoms with Gasteiger partial charge in [-0.2, -0.15) is 0 Å². The summed E-state index contributed by atoms with van der Waals surface area (Å²) in [5.41, 5.74) is 4.59. The molecule has 0 aliphatic carbocycles. The average molecular weight is 282 g/mol. The monoisotopic (exact) mass is 282 g/mol. The zero-order chi connectivity index (χ0) is 15.2. The zero-order valence-electron chi connectivity index (χ0n) is 13.0. The first kappa shape index (κ1) is 15.3. The number of hydrogen-bond acceptors (Lipinski definition) is 2. The minimum Gasteiger partial charge on any atom is -0.496 e. The molecule has 0 aliphatic heterocycles. The molecule has 0 aromatic heterocycles. The van der Waals surface area contributed by atoms with Crippen molar-refractivity contribution >= 4 is 5.78 Å². The molecule has 0 fully saturated rings. The van der Waals surface area contributed by atoms with Crippen molar-refractivity contribution in [2.45, 2.75) is 33.1 Å². The van der Waals surface area contributed by atoms with Gasteiger partial charge in [0.05, 0.1) is 7.11 Å². The molecule has 0 aliphatic rings. The van der Waals surface area contributed by atoms with Crippen molar-refractivity contribution in [3.63, 3.8) is 0 Å². The highest BCUT2D eigenvalue weighted by molar-refractivity contribution is 5.81. The summed E-state index contributed by atoms with van der Waals surface area (Å²) < 4.78 is 5.32. The highest BCUT2D eigenvalue weighted by Crippen LogP contribution is 2.21. The number of ketones is 1. The number of rotatable bonds is 6. The van der Waals surface area contributed by atoms with Gasteiger partial charge in [0.2, 0.25) is 0 Å². The van der Waals surface area contributed by atoms with E-state index in [2.05, 4.69) is 31.2 Å². The lowest BCUT2D eigenvalue weighted by molar-refractivity contribution is -0.118. The van der Waals surface area contributed by atoms with Gasteiger partial charge < -0.3 is 4.74 Å². The van der Waals surface area contributed by atoms with Gasteiger partial charge in [-0.3, -0.25) is 4.79 Å². The number of aryl methyl sites for hydroxylation is 3. The maximum atomic E-state index is 12.2. The van der Waals surface area contributed by atoms with Crippen molar-refractivity contribution in [2.24, 2.45) is 0 Å². The van der Waals surface area contributed by atoms with Crippen molar-refractivity contribution in [1.82, 2.24) is 0 Å². The molecule has 21 heavy (non-hydrogen) atoms. The third-order valence-corrected chi connectivity index (χ3v) is 3.64. The molecule has 0 unspecified atom stereocenters. The molecule has 2 rings (SSSR count). The summed E-state index contributed by atoms with van der Waals surface area (Å²) in [4.78, 5) is 12.2. The minimum absolute atomic E-state index is 0.250. The van der Waals surface area contributed by atoms with E-state index in [1.54, 1.807) is 7.11 Å². The van der Waals surface area contributed by atoms with Gasteiger partial charge >= 0.3 is 0 Å². The molecule has 0 spiro atoms. The molecule has 2 nitrogen and oxygen atoms in total. The van der Waals surface area contributed by atoms with E-state index in [1.807, 2.05) is 25.1 Å².